The third-order valence-corrected chi connectivity index (χ3v) is 4.65. The van der Waals surface area contributed by atoms with Crippen LogP contribution >= 0.6 is 11.3 Å². The number of halogens is 1. The molecule has 1 amide bonds. The van der Waals surface area contributed by atoms with E-state index in [0.29, 0.717) is 18.4 Å². The highest BCUT2D eigenvalue weighted by atomic mass is 32.1. The summed E-state index contributed by atoms with van der Waals surface area (Å²) in [5.74, 6) is -0.487. The zero-order chi connectivity index (χ0) is 17.1. The number of benzene rings is 1. The maximum absolute atomic E-state index is 12.9. The molecule has 2 heterocycles. The lowest BCUT2D eigenvalue weighted by Gasteiger charge is -2.12. The Hall–Kier alpha value is -2.25. The molecule has 0 spiro atoms. The van der Waals surface area contributed by atoms with E-state index in [4.69, 9.17) is 0 Å². The summed E-state index contributed by atoms with van der Waals surface area (Å²) in [7, 11) is 0. The standard InChI is InChI=1S/C17H18FN3O2S/c1-11-9-21-14(10-24-17(21)20-11)6-7-16(23)19-8-15(22)12-2-4-13(18)5-3-12/h2-5,9-10,15,22H,6-8H2,1H3,(H,19,23). The number of thiazole rings is 1. The molecule has 0 fully saturated rings. The zero-order valence-corrected chi connectivity index (χ0v) is 14.0. The number of aromatic nitrogens is 2. The largest absolute Gasteiger partial charge is 0.387 e. The predicted octanol–water partition coefficient (Wildman–Crippen LogP) is 2.63. The lowest BCUT2D eigenvalue weighted by atomic mass is 10.1. The van der Waals surface area contributed by atoms with Crippen molar-refractivity contribution in [1.29, 1.82) is 0 Å². The van der Waals surface area contributed by atoms with Gasteiger partial charge >= 0.3 is 0 Å². The number of fused-ring (bicyclic) bond motifs is 1. The maximum Gasteiger partial charge on any atom is 0.220 e. The normalized spacial score (nSPS) is 12.5. The van der Waals surface area contributed by atoms with Gasteiger partial charge in [0.25, 0.3) is 0 Å². The molecule has 2 N–H and O–H groups in total. The van der Waals surface area contributed by atoms with Crippen LogP contribution in [0.5, 0.6) is 0 Å². The molecule has 1 atom stereocenters. The highest BCUT2D eigenvalue weighted by Crippen LogP contribution is 2.18. The minimum absolute atomic E-state index is 0.105. The summed E-state index contributed by atoms with van der Waals surface area (Å²) in [4.78, 5) is 17.3. The van der Waals surface area contributed by atoms with Crippen molar-refractivity contribution in [3.8, 4) is 0 Å². The Balaban J connectivity index is 1.49. The molecule has 5 nitrogen and oxygen atoms in total. The van der Waals surface area contributed by atoms with Crippen LogP contribution in [0.3, 0.4) is 0 Å². The van der Waals surface area contributed by atoms with Crippen LogP contribution in [0.1, 0.15) is 29.5 Å². The molecular formula is C17H18FN3O2S. The third-order valence-electron chi connectivity index (χ3n) is 3.76. The zero-order valence-electron chi connectivity index (χ0n) is 13.2. The molecule has 0 saturated heterocycles. The second-order valence-electron chi connectivity index (χ2n) is 5.63. The van der Waals surface area contributed by atoms with Gasteiger partial charge in [-0.1, -0.05) is 12.1 Å². The van der Waals surface area contributed by atoms with Crippen molar-refractivity contribution in [2.75, 3.05) is 6.54 Å². The van der Waals surface area contributed by atoms with Crippen molar-refractivity contribution in [2.45, 2.75) is 25.9 Å². The molecule has 0 aliphatic heterocycles. The lowest BCUT2D eigenvalue weighted by molar-refractivity contribution is -0.121. The number of amides is 1. The van der Waals surface area contributed by atoms with Crippen molar-refractivity contribution in [3.05, 3.63) is 58.6 Å². The first-order chi connectivity index (χ1) is 11.5. The lowest BCUT2D eigenvalue weighted by Crippen LogP contribution is -2.28. The van der Waals surface area contributed by atoms with Gasteiger partial charge in [-0.2, -0.15) is 0 Å². The number of hydrogen-bond donors (Lipinski definition) is 2. The molecule has 0 saturated carbocycles. The second-order valence-corrected chi connectivity index (χ2v) is 6.47. The predicted molar refractivity (Wildman–Crippen MR) is 90.5 cm³/mol. The summed E-state index contributed by atoms with van der Waals surface area (Å²) in [5, 5.41) is 14.7. The fourth-order valence-corrected chi connectivity index (χ4v) is 3.42. The smallest absolute Gasteiger partial charge is 0.220 e. The van der Waals surface area contributed by atoms with Crippen LogP contribution in [0, 0.1) is 12.7 Å². The average Bonchev–Trinajstić information content (AvgIpc) is 3.10. The number of hydrogen-bond acceptors (Lipinski definition) is 4. The first kappa shape index (κ1) is 16.6. The van der Waals surface area contributed by atoms with Crippen molar-refractivity contribution in [3.63, 3.8) is 0 Å². The van der Waals surface area contributed by atoms with Gasteiger partial charge in [0.1, 0.15) is 5.82 Å². The summed E-state index contributed by atoms with van der Waals surface area (Å²) in [6.07, 6.45) is 2.05. The Morgan fingerprint density at radius 3 is 2.92 bits per heavy atom. The number of nitrogens with one attached hydrogen (secondary N) is 1. The Morgan fingerprint density at radius 2 is 2.17 bits per heavy atom. The quantitative estimate of drug-likeness (QED) is 0.720. The Kier molecular flexibility index (Phi) is 4.92. The van der Waals surface area contributed by atoms with E-state index in [1.165, 1.54) is 24.3 Å². The van der Waals surface area contributed by atoms with E-state index in [1.807, 2.05) is 22.9 Å². The minimum Gasteiger partial charge on any atom is -0.387 e. The molecule has 1 unspecified atom stereocenters. The molecule has 2 aromatic heterocycles. The van der Waals surface area contributed by atoms with Crippen LogP contribution < -0.4 is 5.32 Å². The molecule has 126 valence electrons. The SMILES string of the molecule is Cc1cn2c(CCC(=O)NCC(O)c3ccc(F)cc3)csc2n1. The van der Waals surface area contributed by atoms with Gasteiger partial charge in [0.05, 0.1) is 11.8 Å². The van der Waals surface area contributed by atoms with Gasteiger partial charge in [-0.05, 0) is 31.0 Å². The molecule has 0 radical (unpaired) electrons. The van der Waals surface area contributed by atoms with Crippen LogP contribution in [0.2, 0.25) is 0 Å². The molecule has 7 heteroatoms. The number of nitrogens with zero attached hydrogens (tertiary/aromatic N) is 2. The highest BCUT2D eigenvalue weighted by molar-refractivity contribution is 7.15. The van der Waals surface area contributed by atoms with Crippen molar-refractivity contribution in [1.82, 2.24) is 14.7 Å². The summed E-state index contributed by atoms with van der Waals surface area (Å²) >= 11 is 1.55. The minimum atomic E-state index is -0.848. The molecule has 0 bridgehead atoms. The maximum atomic E-state index is 12.9. The van der Waals surface area contributed by atoms with Crippen molar-refractivity contribution < 1.29 is 14.3 Å². The summed E-state index contributed by atoms with van der Waals surface area (Å²) < 4.78 is 14.9. The summed E-state index contributed by atoms with van der Waals surface area (Å²) in [5.41, 5.74) is 2.57. The fraction of sp³-hybridized carbons (Fsp3) is 0.294. The monoisotopic (exact) mass is 347 g/mol. The van der Waals surface area contributed by atoms with Crippen LogP contribution in [0.25, 0.3) is 4.96 Å². The van der Waals surface area contributed by atoms with E-state index in [9.17, 15) is 14.3 Å². The molecule has 0 aliphatic rings. The Morgan fingerprint density at radius 1 is 1.42 bits per heavy atom. The third kappa shape index (κ3) is 3.80. The fourth-order valence-electron chi connectivity index (χ4n) is 2.46. The number of aryl methyl sites for hydroxylation is 2. The van der Waals surface area contributed by atoms with E-state index in [2.05, 4.69) is 10.3 Å². The average molecular weight is 347 g/mol. The van der Waals surface area contributed by atoms with E-state index < -0.39 is 6.10 Å². The van der Waals surface area contributed by atoms with Gasteiger partial charge in [0, 0.05) is 30.2 Å². The van der Waals surface area contributed by atoms with E-state index in [0.717, 1.165) is 16.3 Å². The van der Waals surface area contributed by atoms with Gasteiger partial charge in [0.2, 0.25) is 5.91 Å². The first-order valence-corrected chi connectivity index (χ1v) is 8.53. The molecule has 3 aromatic rings. The molecule has 3 rings (SSSR count). The first-order valence-electron chi connectivity index (χ1n) is 7.65. The van der Waals surface area contributed by atoms with Gasteiger partial charge in [-0.3, -0.25) is 9.20 Å². The van der Waals surface area contributed by atoms with E-state index >= 15 is 0 Å². The number of imidazole rings is 1. The molecule has 24 heavy (non-hydrogen) atoms. The van der Waals surface area contributed by atoms with Crippen molar-refractivity contribution >= 4 is 22.2 Å². The number of aliphatic hydroxyl groups is 1. The number of carbonyl (C=O) groups excluding carboxylic acids is 1. The summed E-state index contributed by atoms with van der Waals surface area (Å²) in [6, 6.07) is 5.59. The van der Waals surface area contributed by atoms with Gasteiger partial charge in [-0.25, -0.2) is 9.37 Å². The van der Waals surface area contributed by atoms with Crippen LogP contribution in [0.4, 0.5) is 4.39 Å². The second kappa shape index (κ2) is 7.11. The number of carbonyl (C=O) groups is 1. The highest BCUT2D eigenvalue weighted by Gasteiger charge is 2.11. The molecular weight excluding hydrogens is 329 g/mol. The van der Waals surface area contributed by atoms with Crippen LogP contribution in [0.15, 0.2) is 35.8 Å². The number of aliphatic hydroxyl groups excluding tert-OH is 1. The van der Waals surface area contributed by atoms with Gasteiger partial charge in [-0.15, -0.1) is 11.3 Å². The molecule has 1 aromatic carbocycles. The van der Waals surface area contributed by atoms with Crippen molar-refractivity contribution in [2.24, 2.45) is 0 Å². The van der Waals surface area contributed by atoms with Gasteiger partial charge < -0.3 is 10.4 Å². The van der Waals surface area contributed by atoms with Crippen LogP contribution in [-0.4, -0.2) is 26.9 Å². The Bertz CT molecular complexity index is 841. The van der Waals surface area contributed by atoms with Gasteiger partial charge in [0.15, 0.2) is 4.96 Å². The van der Waals surface area contributed by atoms with E-state index in [-0.39, 0.29) is 18.3 Å². The Labute approximate surface area is 142 Å². The topological polar surface area (TPSA) is 66.6 Å². The summed E-state index contributed by atoms with van der Waals surface area (Å²) in [6.45, 7) is 2.04. The number of rotatable bonds is 6. The van der Waals surface area contributed by atoms with E-state index in [1.54, 1.807) is 11.3 Å². The van der Waals surface area contributed by atoms with Crippen LogP contribution in [-0.2, 0) is 11.2 Å². The molecule has 0 aliphatic carbocycles.